The molecular weight excluding hydrogens is 256 g/mol. The molecule has 1 aromatic carbocycles. The molecular formula is C15H20N2O3. The van der Waals surface area contributed by atoms with Crippen LogP contribution >= 0.6 is 0 Å². The smallest absolute Gasteiger partial charge is 0.203 e. The van der Waals surface area contributed by atoms with Crippen molar-refractivity contribution in [2.75, 3.05) is 27.9 Å². The molecule has 1 fully saturated rings. The topological polar surface area (TPSA) is 63.5 Å². The number of benzene rings is 1. The molecule has 1 aliphatic rings. The first-order valence-electron chi connectivity index (χ1n) is 6.67. The minimum Gasteiger partial charge on any atom is -0.493 e. The second-order valence-corrected chi connectivity index (χ2v) is 4.84. The predicted octanol–water partition coefficient (Wildman–Crippen LogP) is 2.28. The summed E-state index contributed by atoms with van der Waals surface area (Å²) in [5.41, 5.74) is 0.772. The van der Waals surface area contributed by atoms with Gasteiger partial charge in [-0.3, -0.25) is 5.32 Å². The average Bonchev–Trinajstić information content (AvgIpc) is 3.31. The molecule has 0 radical (unpaired) electrons. The van der Waals surface area contributed by atoms with E-state index < -0.39 is 6.04 Å². The highest BCUT2D eigenvalue weighted by Gasteiger charge is 2.25. The third kappa shape index (κ3) is 2.97. The van der Waals surface area contributed by atoms with Gasteiger partial charge in [-0.15, -0.1) is 0 Å². The maximum Gasteiger partial charge on any atom is 0.203 e. The van der Waals surface area contributed by atoms with E-state index in [-0.39, 0.29) is 0 Å². The van der Waals surface area contributed by atoms with Crippen LogP contribution in [0.5, 0.6) is 17.2 Å². The van der Waals surface area contributed by atoms with Gasteiger partial charge in [0.25, 0.3) is 0 Å². The van der Waals surface area contributed by atoms with Crippen molar-refractivity contribution in [1.29, 1.82) is 5.26 Å². The van der Waals surface area contributed by atoms with Crippen molar-refractivity contribution in [3.63, 3.8) is 0 Å². The molecule has 0 amide bonds. The Morgan fingerprint density at radius 2 is 1.90 bits per heavy atom. The fraction of sp³-hybridized carbons (Fsp3) is 0.533. The van der Waals surface area contributed by atoms with Crippen LogP contribution < -0.4 is 19.5 Å². The molecule has 20 heavy (non-hydrogen) atoms. The van der Waals surface area contributed by atoms with Gasteiger partial charge in [0.05, 0.1) is 27.4 Å². The van der Waals surface area contributed by atoms with Crippen LogP contribution in [0.3, 0.4) is 0 Å². The summed E-state index contributed by atoms with van der Waals surface area (Å²) in [6.45, 7) is 0.857. The first-order valence-corrected chi connectivity index (χ1v) is 6.67. The lowest BCUT2D eigenvalue weighted by Gasteiger charge is -2.19. The first-order chi connectivity index (χ1) is 9.74. The largest absolute Gasteiger partial charge is 0.493 e. The highest BCUT2D eigenvalue weighted by molar-refractivity contribution is 5.57. The zero-order valence-corrected chi connectivity index (χ0v) is 12.1. The van der Waals surface area contributed by atoms with E-state index in [1.54, 1.807) is 27.4 Å². The monoisotopic (exact) mass is 276 g/mol. The van der Waals surface area contributed by atoms with Crippen molar-refractivity contribution in [3.8, 4) is 23.3 Å². The molecule has 1 aromatic rings. The molecule has 1 N–H and O–H groups in total. The Balaban J connectivity index is 2.30. The van der Waals surface area contributed by atoms with Crippen LogP contribution in [-0.2, 0) is 0 Å². The number of nitriles is 1. The summed E-state index contributed by atoms with van der Waals surface area (Å²) in [7, 11) is 4.70. The van der Waals surface area contributed by atoms with Crippen molar-refractivity contribution in [3.05, 3.63) is 17.7 Å². The molecule has 1 aliphatic carbocycles. The number of nitrogens with one attached hydrogen (secondary N) is 1. The maximum absolute atomic E-state index is 9.38. The molecule has 0 saturated heterocycles. The van der Waals surface area contributed by atoms with Crippen LogP contribution in [0.2, 0.25) is 0 Å². The fourth-order valence-corrected chi connectivity index (χ4v) is 2.18. The van der Waals surface area contributed by atoms with E-state index in [2.05, 4.69) is 11.4 Å². The van der Waals surface area contributed by atoms with Crippen molar-refractivity contribution in [2.45, 2.75) is 18.9 Å². The SMILES string of the molecule is COc1ccc(C(C#N)NCC2CC2)c(OC)c1OC. The summed E-state index contributed by atoms with van der Waals surface area (Å²) in [5.74, 6) is 2.35. The lowest BCUT2D eigenvalue weighted by molar-refractivity contribution is 0.320. The van der Waals surface area contributed by atoms with Crippen LogP contribution in [0.15, 0.2) is 12.1 Å². The predicted molar refractivity (Wildman–Crippen MR) is 75.2 cm³/mol. The molecule has 5 heteroatoms. The van der Waals surface area contributed by atoms with Gasteiger partial charge >= 0.3 is 0 Å². The summed E-state index contributed by atoms with van der Waals surface area (Å²) < 4.78 is 16.0. The Morgan fingerprint density at radius 1 is 1.20 bits per heavy atom. The van der Waals surface area contributed by atoms with Crippen LogP contribution in [0, 0.1) is 17.2 Å². The summed E-state index contributed by atoms with van der Waals surface area (Å²) in [5, 5.41) is 12.7. The molecule has 1 saturated carbocycles. The minimum absolute atomic E-state index is 0.412. The lowest BCUT2D eigenvalue weighted by Crippen LogP contribution is -2.23. The van der Waals surface area contributed by atoms with Gasteiger partial charge in [0, 0.05) is 5.56 Å². The lowest BCUT2D eigenvalue weighted by atomic mass is 10.1. The Hall–Kier alpha value is -1.93. The zero-order chi connectivity index (χ0) is 14.5. The molecule has 0 heterocycles. The highest BCUT2D eigenvalue weighted by Crippen LogP contribution is 2.42. The van der Waals surface area contributed by atoms with Crippen molar-refractivity contribution in [1.82, 2.24) is 5.32 Å². The number of hydrogen-bond donors (Lipinski definition) is 1. The van der Waals surface area contributed by atoms with Gasteiger partial charge in [-0.25, -0.2) is 0 Å². The second kappa shape index (κ2) is 6.49. The van der Waals surface area contributed by atoms with E-state index in [1.165, 1.54) is 12.8 Å². The van der Waals surface area contributed by atoms with E-state index in [1.807, 2.05) is 6.07 Å². The van der Waals surface area contributed by atoms with E-state index in [4.69, 9.17) is 14.2 Å². The fourth-order valence-electron chi connectivity index (χ4n) is 2.18. The molecule has 5 nitrogen and oxygen atoms in total. The summed E-state index contributed by atoms with van der Waals surface area (Å²) in [6.07, 6.45) is 2.49. The molecule has 108 valence electrons. The van der Waals surface area contributed by atoms with Crippen LogP contribution in [0.25, 0.3) is 0 Å². The van der Waals surface area contributed by atoms with Gasteiger partial charge in [-0.05, 0) is 37.4 Å². The summed E-state index contributed by atoms with van der Waals surface area (Å²) >= 11 is 0. The van der Waals surface area contributed by atoms with E-state index >= 15 is 0 Å². The van der Waals surface area contributed by atoms with Crippen molar-refractivity contribution in [2.24, 2.45) is 5.92 Å². The van der Waals surface area contributed by atoms with Crippen LogP contribution in [-0.4, -0.2) is 27.9 Å². The number of rotatable bonds is 7. The van der Waals surface area contributed by atoms with E-state index in [9.17, 15) is 5.26 Å². The molecule has 0 aliphatic heterocycles. The Bertz CT molecular complexity index is 507. The van der Waals surface area contributed by atoms with E-state index in [0.29, 0.717) is 23.2 Å². The summed E-state index contributed by atoms with van der Waals surface area (Å²) in [4.78, 5) is 0. The zero-order valence-electron chi connectivity index (χ0n) is 12.1. The summed E-state index contributed by atoms with van der Waals surface area (Å²) in [6, 6.07) is 5.50. The maximum atomic E-state index is 9.38. The average molecular weight is 276 g/mol. The second-order valence-electron chi connectivity index (χ2n) is 4.84. The first kappa shape index (κ1) is 14.5. The third-order valence-corrected chi connectivity index (χ3v) is 3.48. The standard InChI is InChI=1S/C15H20N2O3/c1-18-13-7-6-11(14(19-2)15(13)20-3)12(8-16)17-9-10-4-5-10/h6-7,10,12,17H,4-5,9H2,1-3H3. The minimum atomic E-state index is -0.412. The molecule has 1 unspecified atom stereocenters. The molecule has 1 atom stereocenters. The van der Waals surface area contributed by atoms with Gasteiger partial charge in [0.1, 0.15) is 6.04 Å². The number of methoxy groups -OCH3 is 3. The number of hydrogen-bond acceptors (Lipinski definition) is 5. The Kier molecular flexibility index (Phi) is 4.70. The van der Waals surface area contributed by atoms with Gasteiger partial charge in [-0.2, -0.15) is 5.26 Å². The molecule has 0 bridgehead atoms. The Labute approximate surface area is 119 Å². The van der Waals surface area contributed by atoms with Gasteiger partial charge in [0.15, 0.2) is 11.5 Å². The van der Waals surface area contributed by atoms with Crippen molar-refractivity contribution < 1.29 is 14.2 Å². The number of ether oxygens (including phenoxy) is 3. The van der Waals surface area contributed by atoms with Gasteiger partial charge < -0.3 is 14.2 Å². The van der Waals surface area contributed by atoms with Gasteiger partial charge in [-0.1, -0.05) is 0 Å². The number of nitrogens with zero attached hydrogens (tertiary/aromatic N) is 1. The Morgan fingerprint density at radius 3 is 2.40 bits per heavy atom. The molecule has 0 aromatic heterocycles. The quantitative estimate of drug-likeness (QED) is 0.827. The van der Waals surface area contributed by atoms with Crippen molar-refractivity contribution >= 4 is 0 Å². The van der Waals surface area contributed by atoms with E-state index in [0.717, 1.165) is 12.1 Å². The van der Waals surface area contributed by atoms with Gasteiger partial charge in [0.2, 0.25) is 5.75 Å². The molecule has 0 spiro atoms. The highest BCUT2D eigenvalue weighted by atomic mass is 16.5. The molecule has 2 rings (SSSR count). The van der Waals surface area contributed by atoms with Crippen LogP contribution in [0.1, 0.15) is 24.4 Å². The normalized spacial score (nSPS) is 15.3. The third-order valence-electron chi connectivity index (χ3n) is 3.48. The van der Waals surface area contributed by atoms with Crippen LogP contribution in [0.4, 0.5) is 0 Å².